The van der Waals surface area contributed by atoms with Gasteiger partial charge in [0.1, 0.15) is 5.82 Å². The van der Waals surface area contributed by atoms with Crippen molar-refractivity contribution in [3.05, 3.63) is 42.2 Å². The molecular formula is C11H9N3O. The first-order valence-corrected chi connectivity index (χ1v) is 4.52. The van der Waals surface area contributed by atoms with E-state index in [1.54, 1.807) is 12.4 Å². The molecule has 2 aromatic rings. The number of imidazole rings is 1. The number of hydrogen-bond acceptors (Lipinski definition) is 3. The van der Waals surface area contributed by atoms with Crippen molar-refractivity contribution in [1.82, 2.24) is 9.97 Å². The van der Waals surface area contributed by atoms with Gasteiger partial charge in [-0.2, -0.15) is 0 Å². The lowest BCUT2D eigenvalue weighted by molar-refractivity contribution is 0.563. The van der Waals surface area contributed by atoms with Gasteiger partial charge < -0.3 is 4.98 Å². The number of rotatable bonds is 3. The molecule has 1 heterocycles. The first kappa shape index (κ1) is 9.37. The van der Waals surface area contributed by atoms with Gasteiger partial charge in [0.25, 0.3) is 0 Å². The molecule has 0 bridgehead atoms. The third-order valence-corrected chi connectivity index (χ3v) is 2.05. The Morgan fingerprint density at radius 2 is 2.13 bits per heavy atom. The summed E-state index contributed by atoms with van der Waals surface area (Å²) in [7, 11) is 0. The molecule has 4 heteroatoms. The maximum Gasteiger partial charge on any atom is 0.235 e. The number of H-pyrrole nitrogens is 1. The van der Waals surface area contributed by atoms with Crippen LogP contribution in [0.15, 0.2) is 41.7 Å². The highest BCUT2D eigenvalue weighted by Gasteiger charge is 1.98. The zero-order valence-electron chi connectivity index (χ0n) is 7.97. The molecule has 0 unspecified atom stereocenters. The van der Waals surface area contributed by atoms with E-state index in [0.717, 1.165) is 17.0 Å². The summed E-state index contributed by atoms with van der Waals surface area (Å²) in [6, 6.07) is 7.71. The Labute approximate surface area is 86.7 Å². The molecule has 0 spiro atoms. The highest BCUT2D eigenvalue weighted by molar-refractivity contribution is 5.55. The van der Waals surface area contributed by atoms with E-state index < -0.39 is 0 Å². The number of benzene rings is 1. The fourth-order valence-electron chi connectivity index (χ4n) is 1.31. The Morgan fingerprint density at radius 1 is 1.33 bits per heavy atom. The molecule has 0 atom stereocenters. The van der Waals surface area contributed by atoms with Gasteiger partial charge in [0.05, 0.1) is 6.54 Å². The summed E-state index contributed by atoms with van der Waals surface area (Å²) in [4.78, 5) is 20.6. The third-order valence-electron chi connectivity index (χ3n) is 2.05. The number of aromatic amines is 1. The minimum atomic E-state index is 0.377. The molecule has 0 amide bonds. The Bertz CT molecular complexity index is 467. The second-order valence-electron chi connectivity index (χ2n) is 3.04. The van der Waals surface area contributed by atoms with Crippen LogP contribution in [0.2, 0.25) is 0 Å². The molecule has 0 saturated carbocycles. The normalized spacial score (nSPS) is 9.60. The van der Waals surface area contributed by atoms with Crippen LogP contribution in [-0.4, -0.2) is 16.0 Å². The monoisotopic (exact) mass is 199 g/mol. The maximum absolute atomic E-state index is 9.93. The van der Waals surface area contributed by atoms with Crippen LogP contribution >= 0.6 is 0 Å². The zero-order valence-corrected chi connectivity index (χ0v) is 7.97. The maximum atomic E-state index is 9.93. The van der Waals surface area contributed by atoms with Gasteiger partial charge in [-0.1, -0.05) is 24.3 Å². The van der Waals surface area contributed by atoms with E-state index in [1.807, 2.05) is 24.3 Å². The van der Waals surface area contributed by atoms with Gasteiger partial charge in [0.2, 0.25) is 6.08 Å². The Balaban J connectivity index is 2.21. The lowest BCUT2D eigenvalue weighted by Crippen LogP contribution is -1.83. The van der Waals surface area contributed by atoms with Crippen molar-refractivity contribution in [1.29, 1.82) is 0 Å². The molecule has 4 nitrogen and oxygen atoms in total. The number of nitrogens with zero attached hydrogens (tertiary/aromatic N) is 2. The van der Waals surface area contributed by atoms with E-state index in [4.69, 9.17) is 0 Å². The van der Waals surface area contributed by atoms with Gasteiger partial charge in [-0.05, 0) is 5.56 Å². The standard InChI is InChI=1S/C11H9N3O/c15-8-12-7-9-1-3-10(4-2-9)11-13-5-6-14-11/h1-6H,7H2,(H,13,14). The van der Waals surface area contributed by atoms with Gasteiger partial charge in [-0.15, -0.1) is 0 Å². The van der Waals surface area contributed by atoms with Crippen molar-refractivity contribution < 1.29 is 4.79 Å². The lowest BCUT2D eigenvalue weighted by atomic mass is 10.1. The quantitative estimate of drug-likeness (QED) is 0.606. The van der Waals surface area contributed by atoms with Crippen molar-refractivity contribution in [2.75, 3.05) is 0 Å². The number of hydrogen-bond donors (Lipinski definition) is 1. The Hall–Kier alpha value is -2.19. The summed E-state index contributed by atoms with van der Waals surface area (Å²) >= 11 is 0. The molecule has 0 aliphatic rings. The second-order valence-corrected chi connectivity index (χ2v) is 3.04. The predicted molar refractivity (Wildman–Crippen MR) is 55.8 cm³/mol. The number of isocyanates is 1. The van der Waals surface area contributed by atoms with Crippen LogP contribution in [0.4, 0.5) is 0 Å². The summed E-state index contributed by atoms with van der Waals surface area (Å²) in [5.41, 5.74) is 1.99. The smallest absolute Gasteiger partial charge is 0.235 e. The van der Waals surface area contributed by atoms with Crippen LogP contribution < -0.4 is 0 Å². The topological polar surface area (TPSA) is 58.1 Å². The first-order chi connectivity index (χ1) is 7.40. The first-order valence-electron chi connectivity index (χ1n) is 4.52. The lowest BCUT2D eigenvalue weighted by Gasteiger charge is -1.98. The number of carbonyl (C=O) groups excluding carboxylic acids is 1. The van der Waals surface area contributed by atoms with Crippen molar-refractivity contribution in [3.63, 3.8) is 0 Å². The van der Waals surface area contributed by atoms with Gasteiger partial charge in [-0.3, -0.25) is 0 Å². The van der Waals surface area contributed by atoms with E-state index in [-0.39, 0.29) is 0 Å². The highest BCUT2D eigenvalue weighted by Crippen LogP contribution is 2.15. The summed E-state index contributed by atoms with van der Waals surface area (Å²) in [6.45, 7) is 0.377. The minimum Gasteiger partial charge on any atom is -0.345 e. The molecule has 15 heavy (non-hydrogen) atoms. The van der Waals surface area contributed by atoms with Crippen molar-refractivity contribution in [3.8, 4) is 11.4 Å². The van der Waals surface area contributed by atoms with E-state index >= 15 is 0 Å². The summed E-state index contributed by atoms with van der Waals surface area (Å²) in [6.07, 6.45) is 5.00. The Kier molecular flexibility index (Phi) is 2.72. The van der Waals surface area contributed by atoms with Crippen LogP contribution in [0.5, 0.6) is 0 Å². The average molecular weight is 199 g/mol. The van der Waals surface area contributed by atoms with Gasteiger partial charge in [-0.25, -0.2) is 14.8 Å². The predicted octanol–water partition coefficient (Wildman–Crippen LogP) is 1.91. The van der Waals surface area contributed by atoms with Gasteiger partial charge in [0.15, 0.2) is 0 Å². The van der Waals surface area contributed by atoms with Crippen molar-refractivity contribution in [2.45, 2.75) is 6.54 Å². The molecule has 0 fully saturated rings. The number of nitrogens with one attached hydrogen (secondary N) is 1. The van der Waals surface area contributed by atoms with Crippen LogP contribution in [0.1, 0.15) is 5.56 Å². The Morgan fingerprint density at radius 3 is 2.73 bits per heavy atom. The second kappa shape index (κ2) is 4.35. The minimum absolute atomic E-state index is 0.377. The third kappa shape index (κ3) is 2.18. The van der Waals surface area contributed by atoms with E-state index in [9.17, 15) is 4.79 Å². The fourth-order valence-corrected chi connectivity index (χ4v) is 1.31. The van der Waals surface area contributed by atoms with Crippen LogP contribution in [0, 0.1) is 0 Å². The molecule has 2 rings (SSSR count). The molecule has 1 aromatic carbocycles. The summed E-state index contributed by atoms with van der Waals surface area (Å²) in [5.74, 6) is 0.834. The van der Waals surface area contributed by atoms with E-state index in [1.165, 1.54) is 6.08 Å². The van der Waals surface area contributed by atoms with Crippen LogP contribution in [0.25, 0.3) is 11.4 Å². The van der Waals surface area contributed by atoms with E-state index in [0.29, 0.717) is 6.54 Å². The largest absolute Gasteiger partial charge is 0.345 e. The SMILES string of the molecule is O=C=NCc1ccc(-c2ncc[nH]2)cc1. The molecule has 0 saturated heterocycles. The molecule has 74 valence electrons. The van der Waals surface area contributed by atoms with E-state index in [2.05, 4.69) is 15.0 Å². The number of aromatic nitrogens is 2. The fraction of sp³-hybridized carbons (Fsp3) is 0.0909. The summed E-state index contributed by atoms with van der Waals surface area (Å²) < 4.78 is 0. The molecular weight excluding hydrogens is 190 g/mol. The molecule has 0 radical (unpaired) electrons. The summed E-state index contributed by atoms with van der Waals surface area (Å²) in [5, 5.41) is 0. The van der Waals surface area contributed by atoms with Crippen LogP contribution in [0.3, 0.4) is 0 Å². The van der Waals surface area contributed by atoms with Crippen LogP contribution in [-0.2, 0) is 11.3 Å². The average Bonchev–Trinajstić information content (AvgIpc) is 2.80. The zero-order chi connectivity index (χ0) is 10.5. The molecule has 0 aliphatic carbocycles. The molecule has 1 aromatic heterocycles. The van der Waals surface area contributed by atoms with Gasteiger partial charge >= 0.3 is 0 Å². The molecule has 0 aliphatic heterocycles. The number of aliphatic imine (C=N–C) groups is 1. The van der Waals surface area contributed by atoms with Gasteiger partial charge in [0, 0.05) is 18.0 Å². The van der Waals surface area contributed by atoms with Crippen molar-refractivity contribution >= 4 is 6.08 Å². The van der Waals surface area contributed by atoms with Crippen molar-refractivity contribution in [2.24, 2.45) is 4.99 Å². The highest BCUT2D eigenvalue weighted by atomic mass is 16.1. The molecule has 1 N–H and O–H groups in total.